The normalized spacial score (nSPS) is 11.7. The first-order valence-corrected chi connectivity index (χ1v) is 18.6. The topological polar surface area (TPSA) is 8.17 Å². The van der Waals surface area contributed by atoms with Crippen LogP contribution in [0.1, 0.15) is 0 Å². The highest BCUT2D eigenvalue weighted by molar-refractivity contribution is 6.30. The Balaban J connectivity index is 1.04. The van der Waals surface area contributed by atoms with Crippen LogP contribution in [0.4, 0.5) is 17.1 Å². The van der Waals surface area contributed by atoms with Crippen molar-refractivity contribution in [2.45, 2.75) is 0 Å². The molecule has 0 fully saturated rings. The van der Waals surface area contributed by atoms with Gasteiger partial charge in [0.1, 0.15) is 0 Å². The summed E-state index contributed by atoms with van der Waals surface area (Å²) in [5.41, 5.74) is 17.0. The van der Waals surface area contributed by atoms with E-state index in [1.807, 2.05) is 0 Å². The zero-order chi connectivity index (χ0) is 35.6. The number of hydrogen-bond acceptors (Lipinski definition) is 1. The summed E-state index contributed by atoms with van der Waals surface area (Å²) in [6.45, 7) is 0. The maximum atomic E-state index is 2.46. The minimum atomic E-state index is 1.12. The van der Waals surface area contributed by atoms with Gasteiger partial charge >= 0.3 is 0 Å². The molecule has 0 amide bonds. The lowest BCUT2D eigenvalue weighted by Gasteiger charge is -2.25. The molecule has 0 bridgehead atoms. The van der Waals surface area contributed by atoms with Gasteiger partial charge in [-0.1, -0.05) is 133 Å². The van der Waals surface area contributed by atoms with Gasteiger partial charge < -0.3 is 9.47 Å². The van der Waals surface area contributed by atoms with Crippen molar-refractivity contribution in [1.29, 1.82) is 0 Å². The number of rotatable bonds is 6. The molecule has 9 aromatic carbocycles. The number of anilines is 3. The smallest absolute Gasteiger partial charge is 0.0547 e. The van der Waals surface area contributed by atoms with Crippen LogP contribution in [0.25, 0.3) is 82.8 Å². The van der Waals surface area contributed by atoms with Crippen LogP contribution < -0.4 is 4.90 Å². The number of benzene rings is 9. The monoisotopic (exact) mass is 686 g/mol. The lowest BCUT2D eigenvalue weighted by atomic mass is 9.90. The summed E-state index contributed by atoms with van der Waals surface area (Å²) in [7, 11) is 0. The Bertz CT molecular complexity index is 2960. The molecule has 0 saturated heterocycles. The number of nitrogens with zero attached hydrogens (tertiary/aromatic N) is 2. The fourth-order valence-electron chi connectivity index (χ4n) is 8.69. The molecule has 0 unspecified atom stereocenters. The van der Waals surface area contributed by atoms with Gasteiger partial charge in [-0.2, -0.15) is 0 Å². The third-order valence-electron chi connectivity index (χ3n) is 11.1. The van der Waals surface area contributed by atoms with Gasteiger partial charge in [0.25, 0.3) is 0 Å². The highest BCUT2D eigenvalue weighted by Gasteiger charge is 2.25. The van der Waals surface area contributed by atoms with Gasteiger partial charge in [0, 0.05) is 33.5 Å². The van der Waals surface area contributed by atoms with E-state index in [9.17, 15) is 0 Å². The number of para-hydroxylation sites is 2. The van der Waals surface area contributed by atoms with Gasteiger partial charge in [0.05, 0.1) is 11.0 Å². The van der Waals surface area contributed by atoms with Crippen molar-refractivity contribution < 1.29 is 0 Å². The Morgan fingerprint density at radius 2 is 0.815 bits per heavy atom. The van der Waals surface area contributed by atoms with E-state index in [1.165, 1.54) is 77.1 Å². The van der Waals surface area contributed by atoms with Crippen LogP contribution in [-0.4, -0.2) is 4.57 Å². The minimum Gasteiger partial charge on any atom is -0.311 e. The highest BCUT2D eigenvalue weighted by Crippen LogP contribution is 2.50. The number of fused-ring (bicyclic) bond motifs is 3. The molecule has 11 rings (SSSR count). The molecule has 2 heteroatoms. The fraction of sp³-hybridized carbons (Fsp3) is 0. The maximum Gasteiger partial charge on any atom is 0.0547 e. The maximum absolute atomic E-state index is 2.46. The zero-order valence-electron chi connectivity index (χ0n) is 29.5. The summed E-state index contributed by atoms with van der Waals surface area (Å²) in [6, 6.07) is 75.0. The molecule has 2 nitrogen and oxygen atoms in total. The van der Waals surface area contributed by atoms with E-state index in [0.29, 0.717) is 0 Å². The van der Waals surface area contributed by atoms with E-state index in [0.717, 1.165) is 22.7 Å². The van der Waals surface area contributed by atoms with Crippen LogP contribution in [0.3, 0.4) is 0 Å². The Morgan fingerprint density at radius 3 is 1.48 bits per heavy atom. The van der Waals surface area contributed by atoms with Crippen molar-refractivity contribution in [3.8, 4) is 50.2 Å². The summed E-state index contributed by atoms with van der Waals surface area (Å²) in [5, 5.41) is 5.23. The van der Waals surface area contributed by atoms with Gasteiger partial charge in [0.2, 0.25) is 0 Å². The molecule has 0 atom stereocenters. The van der Waals surface area contributed by atoms with E-state index in [-0.39, 0.29) is 0 Å². The molecule has 1 heterocycles. The fourth-order valence-corrected chi connectivity index (χ4v) is 8.69. The molecule has 1 aliphatic rings. The summed E-state index contributed by atoms with van der Waals surface area (Å²) in [6.07, 6.45) is 0. The molecule has 54 heavy (non-hydrogen) atoms. The molecule has 1 aromatic heterocycles. The molecule has 252 valence electrons. The first-order valence-electron chi connectivity index (χ1n) is 18.6. The number of aromatic nitrogens is 1. The third kappa shape index (κ3) is 4.74. The van der Waals surface area contributed by atoms with E-state index >= 15 is 0 Å². The lowest BCUT2D eigenvalue weighted by molar-refractivity contribution is 1.18. The summed E-state index contributed by atoms with van der Waals surface area (Å²) >= 11 is 0. The van der Waals surface area contributed by atoms with Crippen LogP contribution in [0.15, 0.2) is 206 Å². The molecular formula is C52H34N2. The second-order valence-electron chi connectivity index (χ2n) is 14.1. The molecule has 10 aromatic rings. The highest BCUT2D eigenvalue weighted by atomic mass is 15.1. The van der Waals surface area contributed by atoms with E-state index in [4.69, 9.17) is 0 Å². The molecule has 0 N–H and O–H groups in total. The van der Waals surface area contributed by atoms with Gasteiger partial charge in [-0.15, -0.1) is 0 Å². The lowest BCUT2D eigenvalue weighted by Crippen LogP contribution is -2.09. The van der Waals surface area contributed by atoms with Gasteiger partial charge in [-0.05, 0) is 128 Å². The predicted octanol–water partition coefficient (Wildman–Crippen LogP) is 14.4. The van der Waals surface area contributed by atoms with E-state index in [1.54, 1.807) is 0 Å². The van der Waals surface area contributed by atoms with E-state index in [2.05, 4.69) is 216 Å². The van der Waals surface area contributed by atoms with Gasteiger partial charge in [-0.25, -0.2) is 0 Å². The van der Waals surface area contributed by atoms with Crippen LogP contribution in [-0.2, 0) is 0 Å². The molecule has 0 saturated carbocycles. The zero-order valence-corrected chi connectivity index (χ0v) is 29.5. The minimum absolute atomic E-state index is 1.12. The first kappa shape index (κ1) is 30.5. The van der Waals surface area contributed by atoms with Crippen LogP contribution in [0.5, 0.6) is 0 Å². The number of hydrogen-bond donors (Lipinski definition) is 0. The van der Waals surface area contributed by atoms with E-state index < -0.39 is 0 Å². The standard InChI is InChI=1S/C52H34N2/c1-4-13-35(14-5-1)39-33-38-27-32-49-52-50(38)47(34-39)45-20-11-10-19-44(45)46-21-12-22-48(51(46)52)54(49)43-30-25-37(26-31-43)36-23-28-42(29-24-36)53(40-15-6-2-7-16-40)41-17-8-3-9-18-41/h1-34H. The van der Waals surface area contributed by atoms with Gasteiger partial charge in [0.15, 0.2) is 0 Å². The Hall–Kier alpha value is -7.16. The second kappa shape index (κ2) is 12.2. The van der Waals surface area contributed by atoms with Crippen molar-refractivity contribution in [2.75, 3.05) is 4.90 Å². The van der Waals surface area contributed by atoms with Crippen LogP contribution in [0.2, 0.25) is 0 Å². The van der Waals surface area contributed by atoms with Crippen molar-refractivity contribution in [3.63, 3.8) is 0 Å². The Labute approximate surface area is 314 Å². The largest absolute Gasteiger partial charge is 0.311 e. The second-order valence-corrected chi connectivity index (χ2v) is 14.1. The third-order valence-corrected chi connectivity index (χ3v) is 11.1. The average Bonchev–Trinajstić information content (AvgIpc) is 3.53. The van der Waals surface area contributed by atoms with Crippen molar-refractivity contribution in [3.05, 3.63) is 206 Å². The average molecular weight is 687 g/mol. The van der Waals surface area contributed by atoms with Crippen molar-refractivity contribution in [1.82, 2.24) is 4.57 Å². The summed E-state index contributed by atoms with van der Waals surface area (Å²) in [4.78, 5) is 2.30. The molecule has 0 spiro atoms. The van der Waals surface area contributed by atoms with Crippen LogP contribution in [0, 0.1) is 0 Å². The summed E-state index contributed by atoms with van der Waals surface area (Å²) in [5.74, 6) is 0. The van der Waals surface area contributed by atoms with Gasteiger partial charge in [-0.3, -0.25) is 0 Å². The van der Waals surface area contributed by atoms with Crippen molar-refractivity contribution in [2.24, 2.45) is 0 Å². The first-order chi connectivity index (χ1) is 26.8. The predicted molar refractivity (Wildman–Crippen MR) is 228 cm³/mol. The Kier molecular flexibility index (Phi) is 6.90. The molecular weight excluding hydrogens is 653 g/mol. The van der Waals surface area contributed by atoms with Crippen molar-refractivity contribution >= 4 is 49.6 Å². The Morgan fingerprint density at radius 1 is 0.296 bits per heavy atom. The summed E-state index contributed by atoms with van der Waals surface area (Å²) < 4.78 is 2.46. The SMILES string of the molecule is c1ccc(-c2cc3c4c(ccc5c4c4c(cccc4n5-c4ccc(-c5ccc(N(c6ccccc6)c6ccccc6)cc5)cc4)-c4ccccc4-3)c2)cc1. The quantitative estimate of drug-likeness (QED) is 0.169. The molecule has 0 radical (unpaired) electrons. The molecule has 1 aliphatic carbocycles. The molecule has 0 aliphatic heterocycles. The van der Waals surface area contributed by atoms with Crippen LogP contribution >= 0.6 is 0 Å².